The number of ether oxygens (including phenoxy) is 1. The van der Waals surface area contributed by atoms with Gasteiger partial charge < -0.3 is 15.4 Å². The maximum atomic E-state index is 12.1. The van der Waals surface area contributed by atoms with Gasteiger partial charge in [-0.05, 0) is 22.6 Å². The van der Waals surface area contributed by atoms with Crippen LogP contribution in [0.5, 0.6) is 0 Å². The Kier molecular flexibility index (Phi) is 4.17. The Bertz CT molecular complexity index is 594. The zero-order valence-corrected chi connectivity index (χ0v) is 11.4. The predicted octanol–water partition coefficient (Wildman–Crippen LogP) is -0.0207. The van der Waals surface area contributed by atoms with Gasteiger partial charge in [-0.3, -0.25) is 4.79 Å². The minimum atomic E-state index is -0.0933. The number of benzene rings is 1. The SMILES string of the molecule is O=C(CC1CNCCO1)Nc1ccccc1-n1cnnn1. The standard InChI is InChI=1S/C13H16N6O2/c20-13(7-10-8-14-5-6-21-10)16-11-3-1-2-4-12(11)19-9-15-17-18-19/h1-4,9-10,14H,5-8H2,(H,16,20). The van der Waals surface area contributed by atoms with Crippen LogP contribution in [0.3, 0.4) is 0 Å². The molecule has 3 rings (SSSR count). The number of tetrazole rings is 1. The molecule has 0 aliphatic carbocycles. The fourth-order valence-electron chi connectivity index (χ4n) is 2.21. The molecular formula is C13H16N6O2. The molecule has 21 heavy (non-hydrogen) atoms. The molecule has 1 amide bonds. The van der Waals surface area contributed by atoms with Gasteiger partial charge in [0.25, 0.3) is 0 Å². The third kappa shape index (κ3) is 3.41. The third-order valence-electron chi connectivity index (χ3n) is 3.19. The van der Waals surface area contributed by atoms with Crippen molar-refractivity contribution in [3.05, 3.63) is 30.6 Å². The molecule has 1 saturated heterocycles. The number of amides is 1. The van der Waals surface area contributed by atoms with Crippen molar-refractivity contribution in [3.63, 3.8) is 0 Å². The van der Waals surface area contributed by atoms with Crippen LogP contribution >= 0.6 is 0 Å². The van der Waals surface area contributed by atoms with E-state index in [4.69, 9.17) is 4.74 Å². The number of carbonyl (C=O) groups excluding carboxylic acids is 1. The first-order chi connectivity index (χ1) is 10.3. The summed E-state index contributed by atoms with van der Waals surface area (Å²) in [6.45, 7) is 2.17. The largest absolute Gasteiger partial charge is 0.375 e. The van der Waals surface area contributed by atoms with E-state index in [1.807, 2.05) is 24.3 Å². The topological polar surface area (TPSA) is 94.0 Å². The molecule has 1 fully saturated rings. The Balaban J connectivity index is 1.68. The maximum Gasteiger partial charge on any atom is 0.227 e. The molecule has 1 aromatic carbocycles. The van der Waals surface area contributed by atoms with Crippen LogP contribution in [0, 0.1) is 0 Å². The average molecular weight is 288 g/mol. The Morgan fingerprint density at radius 2 is 2.38 bits per heavy atom. The second kappa shape index (κ2) is 6.42. The van der Waals surface area contributed by atoms with Crippen molar-refractivity contribution >= 4 is 11.6 Å². The lowest BCUT2D eigenvalue weighted by Gasteiger charge is -2.23. The summed E-state index contributed by atoms with van der Waals surface area (Å²) in [7, 11) is 0. The Hall–Kier alpha value is -2.32. The maximum absolute atomic E-state index is 12.1. The average Bonchev–Trinajstić information content (AvgIpc) is 3.03. The molecule has 0 radical (unpaired) electrons. The van der Waals surface area contributed by atoms with Gasteiger partial charge in [-0.25, -0.2) is 0 Å². The number of para-hydroxylation sites is 2. The quantitative estimate of drug-likeness (QED) is 0.821. The van der Waals surface area contributed by atoms with E-state index < -0.39 is 0 Å². The minimum absolute atomic E-state index is 0.0843. The first-order valence-electron chi connectivity index (χ1n) is 6.77. The van der Waals surface area contributed by atoms with E-state index in [-0.39, 0.29) is 12.0 Å². The van der Waals surface area contributed by atoms with E-state index in [0.29, 0.717) is 25.3 Å². The van der Waals surface area contributed by atoms with Gasteiger partial charge in [-0.15, -0.1) is 5.10 Å². The molecule has 8 heteroatoms. The van der Waals surface area contributed by atoms with E-state index in [0.717, 1.165) is 12.2 Å². The van der Waals surface area contributed by atoms with Gasteiger partial charge in [-0.2, -0.15) is 4.68 Å². The highest BCUT2D eigenvalue weighted by molar-refractivity contribution is 5.93. The number of hydrogen-bond acceptors (Lipinski definition) is 6. The van der Waals surface area contributed by atoms with Crippen molar-refractivity contribution in [2.24, 2.45) is 0 Å². The molecule has 1 atom stereocenters. The lowest BCUT2D eigenvalue weighted by atomic mass is 10.2. The number of hydrogen-bond donors (Lipinski definition) is 2. The van der Waals surface area contributed by atoms with E-state index in [1.165, 1.54) is 11.0 Å². The highest BCUT2D eigenvalue weighted by atomic mass is 16.5. The lowest BCUT2D eigenvalue weighted by molar-refractivity contribution is -0.119. The van der Waals surface area contributed by atoms with Crippen LogP contribution in [-0.4, -0.2) is 51.9 Å². The summed E-state index contributed by atoms with van der Waals surface area (Å²) in [4.78, 5) is 12.1. The molecule has 1 aliphatic heterocycles. The number of rotatable bonds is 4. The molecule has 1 unspecified atom stereocenters. The molecule has 0 saturated carbocycles. The predicted molar refractivity (Wildman–Crippen MR) is 75.0 cm³/mol. The van der Waals surface area contributed by atoms with Gasteiger partial charge in [0.1, 0.15) is 6.33 Å². The normalized spacial score (nSPS) is 18.4. The number of aromatic nitrogens is 4. The smallest absolute Gasteiger partial charge is 0.227 e. The Morgan fingerprint density at radius 1 is 1.48 bits per heavy atom. The molecule has 8 nitrogen and oxygen atoms in total. The molecule has 2 N–H and O–H groups in total. The first-order valence-corrected chi connectivity index (χ1v) is 6.77. The van der Waals surface area contributed by atoms with Crippen LogP contribution in [-0.2, 0) is 9.53 Å². The fraction of sp³-hybridized carbons (Fsp3) is 0.385. The van der Waals surface area contributed by atoms with Crippen LogP contribution < -0.4 is 10.6 Å². The summed E-state index contributed by atoms with van der Waals surface area (Å²) in [6, 6.07) is 7.36. The lowest BCUT2D eigenvalue weighted by Crippen LogP contribution is -2.40. The molecule has 1 aromatic heterocycles. The van der Waals surface area contributed by atoms with E-state index in [9.17, 15) is 4.79 Å². The van der Waals surface area contributed by atoms with Crippen LogP contribution in [0.4, 0.5) is 5.69 Å². The van der Waals surface area contributed by atoms with Gasteiger partial charge in [0.05, 0.1) is 30.5 Å². The van der Waals surface area contributed by atoms with Crippen molar-refractivity contribution in [2.75, 3.05) is 25.0 Å². The van der Waals surface area contributed by atoms with Gasteiger partial charge >= 0.3 is 0 Å². The summed E-state index contributed by atoms with van der Waals surface area (Å²) in [5.74, 6) is -0.0933. The molecule has 110 valence electrons. The van der Waals surface area contributed by atoms with Crippen molar-refractivity contribution in [1.82, 2.24) is 25.5 Å². The van der Waals surface area contributed by atoms with E-state index >= 15 is 0 Å². The first kappa shape index (κ1) is 13.7. The van der Waals surface area contributed by atoms with E-state index in [1.54, 1.807) is 0 Å². The minimum Gasteiger partial charge on any atom is -0.375 e. The number of nitrogens with one attached hydrogen (secondary N) is 2. The van der Waals surface area contributed by atoms with Crippen LogP contribution in [0.1, 0.15) is 6.42 Å². The second-order valence-corrected chi connectivity index (χ2v) is 4.72. The summed E-state index contributed by atoms with van der Waals surface area (Å²) in [5.41, 5.74) is 1.39. The van der Waals surface area contributed by atoms with Gasteiger partial charge in [0, 0.05) is 13.1 Å². The summed E-state index contributed by atoms with van der Waals surface area (Å²) in [6.07, 6.45) is 1.72. The molecule has 0 bridgehead atoms. The molecule has 1 aliphatic rings. The van der Waals surface area contributed by atoms with Gasteiger partial charge in [-0.1, -0.05) is 12.1 Å². The van der Waals surface area contributed by atoms with Crippen molar-refractivity contribution < 1.29 is 9.53 Å². The Morgan fingerprint density at radius 3 is 3.14 bits per heavy atom. The van der Waals surface area contributed by atoms with Gasteiger partial charge in [0.15, 0.2) is 0 Å². The van der Waals surface area contributed by atoms with Gasteiger partial charge in [0.2, 0.25) is 5.91 Å². The highest BCUT2D eigenvalue weighted by Crippen LogP contribution is 2.19. The summed E-state index contributed by atoms with van der Waals surface area (Å²) >= 11 is 0. The van der Waals surface area contributed by atoms with Crippen LogP contribution in [0.2, 0.25) is 0 Å². The second-order valence-electron chi connectivity index (χ2n) is 4.72. The van der Waals surface area contributed by atoms with E-state index in [2.05, 4.69) is 26.2 Å². The number of anilines is 1. The molecule has 2 aromatic rings. The molecular weight excluding hydrogens is 272 g/mol. The zero-order chi connectivity index (χ0) is 14.5. The van der Waals surface area contributed by atoms with Crippen LogP contribution in [0.25, 0.3) is 5.69 Å². The summed E-state index contributed by atoms with van der Waals surface area (Å²) < 4.78 is 7.04. The van der Waals surface area contributed by atoms with Crippen LogP contribution in [0.15, 0.2) is 30.6 Å². The van der Waals surface area contributed by atoms with Crippen molar-refractivity contribution in [3.8, 4) is 5.69 Å². The summed E-state index contributed by atoms with van der Waals surface area (Å²) in [5, 5.41) is 17.1. The molecule has 2 heterocycles. The number of carbonyl (C=O) groups is 1. The third-order valence-corrected chi connectivity index (χ3v) is 3.19. The number of nitrogens with zero attached hydrogens (tertiary/aromatic N) is 4. The zero-order valence-electron chi connectivity index (χ0n) is 11.4. The Labute approximate surface area is 121 Å². The number of morpholine rings is 1. The monoisotopic (exact) mass is 288 g/mol. The van der Waals surface area contributed by atoms with Crippen molar-refractivity contribution in [2.45, 2.75) is 12.5 Å². The fourth-order valence-corrected chi connectivity index (χ4v) is 2.21. The molecule has 0 spiro atoms. The van der Waals surface area contributed by atoms with Crippen molar-refractivity contribution in [1.29, 1.82) is 0 Å². The highest BCUT2D eigenvalue weighted by Gasteiger charge is 2.18.